The molecule has 0 fully saturated rings. The Kier molecular flexibility index (Phi) is 5.23. The van der Waals surface area contributed by atoms with Crippen molar-refractivity contribution in [3.63, 3.8) is 0 Å². The van der Waals surface area contributed by atoms with Crippen molar-refractivity contribution in [2.45, 2.75) is 25.1 Å². The van der Waals surface area contributed by atoms with Crippen LogP contribution in [-0.4, -0.2) is 25.6 Å². The van der Waals surface area contributed by atoms with Gasteiger partial charge in [0.25, 0.3) is 0 Å². The number of carbonyl (C=O) groups is 1. The van der Waals surface area contributed by atoms with Crippen molar-refractivity contribution in [1.82, 2.24) is 10.6 Å². The van der Waals surface area contributed by atoms with E-state index in [0.29, 0.717) is 19.5 Å². The number of hydrogen-bond donors (Lipinski definition) is 2. The number of rotatable bonds is 5. The quantitative estimate of drug-likeness (QED) is 0.886. The minimum atomic E-state index is -0.301. The van der Waals surface area contributed by atoms with Crippen molar-refractivity contribution in [3.8, 4) is 0 Å². The van der Waals surface area contributed by atoms with Crippen molar-refractivity contribution in [2.75, 3.05) is 13.7 Å². The van der Waals surface area contributed by atoms with Gasteiger partial charge in [0.1, 0.15) is 5.82 Å². The van der Waals surface area contributed by atoms with Gasteiger partial charge in [0.2, 0.25) is 5.91 Å². The van der Waals surface area contributed by atoms with Crippen LogP contribution >= 0.6 is 0 Å². The second-order valence-electron chi connectivity index (χ2n) is 5.93. The minimum absolute atomic E-state index is 0.0475. The molecule has 24 heavy (non-hydrogen) atoms. The zero-order chi connectivity index (χ0) is 16.9. The Hall–Kier alpha value is -2.24. The summed E-state index contributed by atoms with van der Waals surface area (Å²) in [7, 11) is 1.58. The Morgan fingerprint density at radius 1 is 1.25 bits per heavy atom. The standard InChI is InChI=1S/C19H21FN2O2/c1-24-18(13-6-8-16(20)9-7-13)12-22-19(23)17-10-14-4-2-3-5-15(14)11-21-17/h2-9,17-18,21H,10-12H2,1H3,(H,22,23). The molecule has 0 aromatic heterocycles. The predicted molar refractivity (Wildman–Crippen MR) is 89.9 cm³/mol. The van der Waals surface area contributed by atoms with E-state index in [-0.39, 0.29) is 23.9 Å². The molecule has 2 aromatic carbocycles. The summed E-state index contributed by atoms with van der Waals surface area (Å²) >= 11 is 0. The van der Waals surface area contributed by atoms with Crippen LogP contribution in [0.5, 0.6) is 0 Å². The van der Waals surface area contributed by atoms with Gasteiger partial charge in [-0.3, -0.25) is 4.79 Å². The maximum absolute atomic E-state index is 13.0. The molecule has 3 rings (SSSR count). The lowest BCUT2D eigenvalue weighted by Gasteiger charge is -2.26. The van der Waals surface area contributed by atoms with Gasteiger partial charge in [-0.2, -0.15) is 0 Å². The van der Waals surface area contributed by atoms with Crippen molar-refractivity contribution >= 4 is 5.91 Å². The fraction of sp³-hybridized carbons (Fsp3) is 0.316. The smallest absolute Gasteiger partial charge is 0.237 e. The molecular weight excluding hydrogens is 307 g/mol. The first-order valence-corrected chi connectivity index (χ1v) is 8.03. The van der Waals surface area contributed by atoms with E-state index in [1.54, 1.807) is 19.2 Å². The normalized spacial score (nSPS) is 17.8. The second kappa shape index (κ2) is 7.55. The average Bonchev–Trinajstić information content (AvgIpc) is 2.63. The Labute approximate surface area is 141 Å². The van der Waals surface area contributed by atoms with E-state index >= 15 is 0 Å². The molecule has 0 radical (unpaired) electrons. The third-order valence-electron chi connectivity index (χ3n) is 4.39. The number of methoxy groups -OCH3 is 1. The summed E-state index contributed by atoms with van der Waals surface area (Å²) in [4.78, 5) is 12.4. The van der Waals surface area contributed by atoms with E-state index in [9.17, 15) is 9.18 Å². The molecule has 1 amide bonds. The minimum Gasteiger partial charge on any atom is -0.375 e. The molecule has 0 saturated carbocycles. The highest BCUT2D eigenvalue weighted by molar-refractivity contribution is 5.82. The van der Waals surface area contributed by atoms with E-state index in [1.807, 2.05) is 12.1 Å². The average molecular weight is 328 g/mol. The Morgan fingerprint density at radius 3 is 2.67 bits per heavy atom. The van der Waals surface area contributed by atoms with Crippen LogP contribution in [0, 0.1) is 5.82 Å². The molecule has 2 aromatic rings. The summed E-state index contributed by atoms with van der Waals surface area (Å²) in [5.41, 5.74) is 3.28. The largest absolute Gasteiger partial charge is 0.375 e. The first-order chi connectivity index (χ1) is 11.7. The molecule has 0 saturated heterocycles. The van der Waals surface area contributed by atoms with Crippen LogP contribution < -0.4 is 10.6 Å². The summed E-state index contributed by atoms with van der Waals surface area (Å²) in [6, 6.07) is 14.0. The first kappa shape index (κ1) is 16.6. The van der Waals surface area contributed by atoms with Crippen LogP contribution in [0.15, 0.2) is 48.5 Å². The molecular formula is C19H21FN2O2. The van der Waals surface area contributed by atoms with Crippen LogP contribution in [0.1, 0.15) is 22.8 Å². The van der Waals surface area contributed by atoms with Crippen molar-refractivity contribution < 1.29 is 13.9 Å². The summed E-state index contributed by atoms with van der Waals surface area (Å²) in [5, 5.41) is 6.19. The highest BCUT2D eigenvalue weighted by Crippen LogP contribution is 2.18. The van der Waals surface area contributed by atoms with Gasteiger partial charge < -0.3 is 15.4 Å². The number of halogens is 1. The van der Waals surface area contributed by atoms with Gasteiger partial charge >= 0.3 is 0 Å². The summed E-state index contributed by atoms with van der Waals surface area (Å²) in [6.45, 7) is 1.04. The highest BCUT2D eigenvalue weighted by Gasteiger charge is 2.24. The van der Waals surface area contributed by atoms with Gasteiger partial charge in [-0.15, -0.1) is 0 Å². The summed E-state index contributed by atoms with van der Waals surface area (Å²) in [6.07, 6.45) is 0.376. The van der Waals surface area contributed by atoms with E-state index < -0.39 is 0 Å². The van der Waals surface area contributed by atoms with E-state index in [0.717, 1.165) is 5.56 Å². The fourth-order valence-electron chi connectivity index (χ4n) is 2.97. The van der Waals surface area contributed by atoms with Crippen molar-refractivity contribution in [2.24, 2.45) is 0 Å². The summed E-state index contributed by atoms with van der Waals surface area (Å²) < 4.78 is 18.4. The number of nitrogens with one attached hydrogen (secondary N) is 2. The van der Waals surface area contributed by atoms with E-state index in [1.165, 1.54) is 23.3 Å². The van der Waals surface area contributed by atoms with Gasteiger partial charge in [-0.1, -0.05) is 36.4 Å². The number of amides is 1. The molecule has 0 bridgehead atoms. The zero-order valence-electron chi connectivity index (χ0n) is 13.6. The summed E-state index contributed by atoms with van der Waals surface area (Å²) in [5.74, 6) is -0.337. The third-order valence-corrected chi connectivity index (χ3v) is 4.39. The number of fused-ring (bicyclic) bond motifs is 1. The van der Waals surface area contributed by atoms with Gasteiger partial charge in [0.05, 0.1) is 12.1 Å². The van der Waals surface area contributed by atoms with Gasteiger partial charge in [-0.25, -0.2) is 4.39 Å². The van der Waals surface area contributed by atoms with Crippen molar-refractivity contribution in [3.05, 3.63) is 71.0 Å². The first-order valence-electron chi connectivity index (χ1n) is 8.03. The van der Waals surface area contributed by atoms with E-state index in [4.69, 9.17) is 4.74 Å². The molecule has 126 valence electrons. The van der Waals surface area contributed by atoms with Crippen LogP contribution in [0.3, 0.4) is 0 Å². The van der Waals surface area contributed by atoms with Crippen LogP contribution in [0.4, 0.5) is 4.39 Å². The molecule has 1 aliphatic heterocycles. The Morgan fingerprint density at radius 2 is 1.96 bits per heavy atom. The Bertz CT molecular complexity index is 703. The topological polar surface area (TPSA) is 50.4 Å². The lowest BCUT2D eigenvalue weighted by Crippen LogP contribution is -2.48. The molecule has 2 atom stereocenters. The van der Waals surface area contributed by atoms with Crippen LogP contribution in [0.25, 0.3) is 0 Å². The number of carbonyl (C=O) groups excluding carboxylic acids is 1. The number of ether oxygens (including phenoxy) is 1. The van der Waals surface area contributed by atoms with Crippen LogP contribution in [0.2, 0.25) is 0 Å². The fourth-order valence-corrected chi connectivity index (χ4v) is 2.97. The molecule has 5 heteroatoms. The number of benzene rings is 2. The zero-order valence-corrected chi connectivity index (χ0v) is 13.6. The molecule has 1 heterocycles. The van der Waals surface area contributed by atoms with Gasteiger partial charge in [-0.05, 0) is 35.2 Å². The van der Waals surface area contributed by atoms with Gasteiger partial charge in [0, 0.05) is 20.2 Å². The second-order valence-corrected chi connectivity index (χ2v) is 5.93. The van der Waals surface area contributed by atoms with Crippen molar-refractivity contribution in [1.29, 1.82) is 0 Å². The maximum atomic E-state index is 13.0. The molecule has 0 spiro atoms. The SMILES string of the molecule is COC(CNC(=O)C1Cc2ccccc2CN1)c1ccc(F)cc1. The monoisotopic (exact) mass is 328 g/mol. The van der Waals surface area contributed by atoms with Crippen LogP contribution in [-0.2, 0) is 22.5 Å². The van der Waals surface area contributed by atoms with E-state index in [2.05, 4.69) is 22.8 Å². The highest BCUT2D eigenvalue weighted by atomic mass is 19.1. The molecule has 2 unspecified atom stereocenters. The third kappa shape index (κ3) is 3.80. The lowest BCUT2D eigenvalue weighted by molar-refractivity contribution is -0.123. The maximum Gasteiger partial charge on any atom is 0.237 e. The van der Waals surface area contributed by atoms with Gasteiger partial charge in [0.15, 0.2) is 0 Å². The Balaban J connectivity index is 1.58. The lowest BCUT2D eigenvalue weighted by atomic mass is 9.95. The molecule has 0 aliphatic carbocycles. The number of hydrogen-bond acceptors (Lipinski definition) is 3. The predicted octanol–water partition coefficient (Wildman–Crippen LogP) is 2.34. The molecule has 2 N–H and O–H groups in total. The molecule has 4 nitrogen and oxygen atoms in total. The molecule has 1 aliphatic rings.